The van der Waals surface area contributed by atoms with E-state index in [1.807, 2.05) is 24.3 Å². The lowest BCUT2D eigenvalue weighted by atomic mass is 10.2. The highest BCUT2D eigenvalue weighted by Gasteiger charge is 2.17. The molecule has 0 aliphatic carbocycles. The summed E-state index contributed by atoms with van der Waals surface area (Å²) in [6.45, 7) is 0.339. The van der Waals surface area contributed by atoms with E-state index in [0.717, 1.165) is 10.1 Å². The maximum atomic E-state index is 12.2. The Hall–Kier alpha value is -1.82. The van der Waals surface area contributed by atoms with Crippen molar-refractivity contribution in [2.45, 2.75) is 12.5 Å². The molecule has 114 valence electrons. The molecule has 0 spiro atoms. The molecule has 0 saturated heterocycles. The third-order valence-electron chi connectivity index (χ3n) is 3.32. The first kappa shape index (κ1) is 15.1. The van der Waals surface area contributed by atoms with Gasteiger partial charge in [0.15, 0.2) is 0 Å². The Labute approximate surface area is 136 Å². The van der Waals surface area contributed by atoms with Crippen molar-refractivity contribution < 1.29 is 14.3 Å². The van der Waals surface area contributed by atoms with E-state index in [4.69, 9.17) is 16.0 Å². The van der Waals surface area contributed by atoms with Crippen molar-refractivity contribution in [3.8, 4) is 0 Å². The van der Waals surface area contributed by atoms with E-state index in [1.165, 1.54) is 17.6 Å². The van der Waals surface area contributed by atoms with Crippen LogP contribution in [-0.4, -0.2) is 17.6 Å². The van der Waals surface area contributed by atoms with Gasteiger partial charge in [-0.15, -0.1) is 11.3 Å². The monoisotopic (exact) mass is 335 g/mol. The molecule has 3 aromatic rings. The molecule has 0 aliphatic heterocycles. The van der Waals surface area contributed by atoms with Crippen LogP contribution in [0.25, 0.3) is 10.1 Å². The number of amides is 1. The number of aliphatic hydroxyl groups excluding tert-OH is 1. The van der Waals surface area contributed by atoms with Gasteiger partial charge in [0.2, 0.25) is 0 Å². The lowest BCUT2D eigenvalue weighted by molar-refractivity contribution is 0.0940. The summed E-state index contributed by atoms with van der Waals surface area (Å²) in [4.78, 5) is 12.7. The molecule has 2 heterocycles. The molecule has 0 fully saturated rings. The van der Waals surface area contributed by atoms with Crippen molar-refractivity contribution in [1.82, 2.24) is 5.32 Å². The van der Waals surface area contributed by atoms with E-state index in [0.29, 0.717) is 28.6 Å². The maximum absolute atomic E-state index is 12.2. The summed E-state index contributed by atoms with van der Waals surface area (Å²) in [5.41, 5.74) is 0. The Bertz CT molecular complexity index is 782. The highest BCUT2D eigenvalue weighted by atomic mass is 35.5. The Balaban J connectivity index is 1.63. The number of furan rings is 1. The van der Waals surface area contributed by atoms with Crippen molar-refractivity contribution in [2.24, 2.45) is 0 Å². The van der Waals surface area contributed by atoms with Crippen LogP contribution in [0.15, 0.2) is 47.1 Å². The summed E-state index contributed by atoms with van der Waals surface area (Å²) in [6, 6.07) is 11.1. The van der Waals surface area contributed by atoms with E-state index in [9.17, 15) is 9.90 Å². The predicted molar refractivity (Wildman–Crippen MR) is 87.5 cm³/mol. The quantitative estimate of drug-likeness (QED) is 0.740. The number of rotatable bonds is 5. The summed E-state index contributed by atoms with van der Waals surface area (Å²) in [6.07, 6.45) is 1.16. The number of benzene rings is 1. The standard InChI is InChI=1S/C16H14ClNO3S/c17-14-10-4-1-2-6-13(10)22-15(14)16(20)18-8-7-11(19)12-5-3-9-21-12/h1-6,9,11,19H,7-8H2,(H,18,20)/t11-/m1/s1. The number of hydrogen-bond acceptors (Lipinski definition) is 4. The first-order valence-corrected chi connectivity index (χ1v) is 8.03. The smallest absolute Gasteiger partial charge is 0.262 e. The lowest BCUT2D eigenvalue weighted by Gasteiger charge is -2.08. The minimum absolute atomic E-state index is 0.224. The van der Waals surface area contributed by atoms with Gasteiger partial charge in [-0.1, -0.05) is 29.8 Å². The Kier molecular flexibility index (Phi) is 4.47. The highest BCUT2D eigenvalue weighted by Crippen LogP contribution is 2.34. The van der Waals surface area contributed by atoms with Crippen LogP contribution in [0, 0.1) is 0 Å². The normalized spacial score (nSPS) is 12.5. The minimum atomic E-state index is -0.729. The average Bonchev–Trinajstić information content (AvgIpc) is 3.16. The van der Waals surface area contributed by atoms with Gasteiger partial charge in [0.25, 0.3) is 5.91 Å². The molecule has 2 aromatic heterocycles. The van der Waals surface area contributed by atoms with Crippen LogP contribution >= 0.6 is 22.9 Å². The zero-order chi connectivity index (χ0) is 15.5. The molecule has 1 aromatic carbocycles. The van der Waals surface area contributed by atoms with Crippen molar-refractivity contribution in [3.05, 3.63) is 58.3 Å². The molecular weight excluding hydrogens is 322 g/mol. The number of halogens is 1. The van der Waals surface area contributed by atoms with Gasteiger partial charge >= 0.3 is 0 Å². The summed E-state index contributed by atoms with van der Waals surface area (Å²) < 4.78 is 6.09. The second-order valence-electron chi connectivity index (χ2n) is 4.82. The van der Waals surface area contributed by atoms with Gasteiger partial charge in [0, 0.05) is 16.6 Å². The van der Waals surface area contributed by atoms with Gasteiger partial charge in [-0.05, 0) is 24.6 Å². The van der Waals surface area contributed by atoms with Gasteiger partial charge < -0.3 is 14.8 Å². The van der Waals surface area contributed by atoms with Crippen LogP contribution in [0.3, 0.4) is 0 Å². The van der Waals surface area contributed by atoms with Crippen LogP contribution in [0.4, 0.5) is 0 Å². The fraction of sp³-hybridized carbons (Fsp3) is 0.188. The Morgan fingerprint density at radius 3 is 2.86 bits per heavy atom. The number of nitrogens with one attached hydrogen (secondary N) is 1. The number of carbonyl (C=O) groups is 1. The summed E-state index contributed by atoms with van der Waals surface area (Å²) in [7, 11) is 0. The number of carbonyl (C=O) groups excluding carboxylic acids is 1. The van der Waals surface area contributed by atoms with Crippen molar-refractivity contribution in [1.29, 1.82) is 0 Å². The van der Waals surface area contributed by atoms with Gasteiger partial charge in [-0.3, -0.25) is 4.79 Å². The Morgan fingerprint density at radius 1 is 1.32 bits per heavy atom. The van der Waals surface area contributed by atoms with Crippen LogP contribution in [0.1, 0.15) is 28.0 Å². The number of fused-ring (bicyclic) bond motifs is 1. The van der Waals surface area contributed by atoms with E-state index < -0.39 is 6.10 Å². The fourth-order valence-electron chi connectivity index (χ4n) is 2.19. The van der Waals surface area contributed by atoms with Crippen LogP contribution in [0.5, 0.6) is 0 Å². The second kappa shape index (κ2) is 6.52. The minimum Gasteiger partial charge on any atom is -0.467 e. The molecule has 2 N–H and O–H groups in total. The molecule has 0 unspecified atom stereocenters. The Morgan fingerprint density at radius 2 is 2.14 bits per heavy atom. The van der Waals surface area contributed by atoms with E-state index in [1.54, 1.807) is 12.1 Å². The zero-order valence-electron chi connectivity index (χ0n) is 11.6. The third-order valence-corrected chi connectivity index (χ3v) is 4.99. The van der Waals surface area contributed by atoms with Crippen molar-refractivity contribution in [3.63, 3.8) is 0 Å². The van der Waals surface area contributed by atoms with Crippen molar-refractivity contribution in [2.75, 3.05) is 6.54 Å². The third kappa shape index (κ3) is 3.02. The van der Waals surface area contributed by atoms with E-state index >= 15 is 0 Å². The molecule has 0 bridgehead atoms. The summed E-state index contributed by atoms with van der Waals surface area (Å²) in [5.74, 6) is 0.270. The predicted octanol–water partition coefficient (Wildman–Crippen LogP) is 4.00. The molecule has 3 rings (SSSR count). The molecule has 0 saturated carbocycles. The summed E-state index contributed by atoms with van der Waals surface area (Å²) in [5, 5.41) is 14.0. The first-order chi connectivity index (χ1) is 10.7. The highest BCUT2D eigenvalue weighted by molar-refractivity contribution is 7.21. The second-order valence-corrected chi connectivity index (χ2v) is 6.25. The average molecular weight is 336 g/mol. The fourth-order valence-corrected chi connectivity index (χ4v) is 3.62. The van der Waals surface area contributed by atoms with E-state index in [2.05, 4.69) is 5.32 Å². The van der Waals surface area contributed by atoms with Crippen molar-refractivity contribution >= 4 is 38.9 Å². The molecular formula is C16H14ClNO3S. The molecule has 4 nitrogen and oxygen atoms in total. The van der Waals surface area contributed by atoms with Gasteiger partial charge in [0.05, 0.1) is 11.3 Å². The van der Waals surface area contributed by atoms with Gasteiger partial charge in [0.1, 0.15) is 16.7 Å². The van der Waals surface area contributed by atoms with Gasteiger partial charge in [-0.25, -0.2) is 0 Å². The van der Waals surface area contributed by atoms with Crippen LogP contribution in [-0.2, 0) is 0 Å². The maximum Gasteiger partial charge on any atom is 0.262 e. The molecule has 1 amide bonds. The lowest BCUT2D eigenvalue weighted by Crippen LogP contribution is -2.25. The number of hydrogen-bond donors (Lipinski definition) is 2. The SMILES string of the molecule is O=C(NCC[C@@H](O)c1ccco1)c1sc2ccccc2c1Cl. The topological polar surface area (TPSA) is 62.5 Å². The largest absolute Gasteiger partial charge is 0.467 e. The van der Waals surface area contributed by atoms with Crippen LogP contribution in [0.2, 0.25) is 5.02 Å². The molecule has 1 atom stereocenters. The van der Waals surface area contributed by atoms with Crippen LogP contribution < -0.4 is 5.32 Å². The molecule has 0 radical (unpaired) electrons. The van der Waals surface area contributed by atoms with E-state index in [-0.39, 0.29) is 5.91 Å². The molecule has 6 heteroatoms. The molecule has 22 heavy (non-hydrogen) atoms. The molecule has 0 aliphatic rings. The number of thiophene rings is 1. The van der Waals surface area contributed by atoms with Gasteiger partial charge in [-0.2, -0.15) is 0 Å². The zero-order valence-corrected chi connectivity index (χ0v) is 13.2. The number of aliphatic hydroxyl groups is 1. The first-order valence-electron chi connectivity index (χ1n) is 6.83. The summed E-state index contributed by atoms with van der Waals surface area (Å²) >= 11 is 7.62.